The first kappa shape index (κ1) is 8.35. The molecule has 0 bridgehead atoms. The Bertz CT molecular complexity index is 450. The first-order chi connectivity index (χ1) is 7.45. The number of fused-ring (bicyclic) bond motifs is 3. The minimum absolute atomic E-state index is 0.879. The molecule has 2 aromatic rings. The number of pyridine rings is 1. The Kier molecular flexibility index (Phi) is 1.84. The van der Waals surface area contributed by atoms with Crippen molar-refractivity contribution in [2.75, 3.05) is 11.9 Å². The molecule has 0 saturated heterocycles. The van der Waals surface area contributed by atoms with Gasteiger partial charge in [0.15, 0.2) is 0 Å². The molecule has 0 unspecified atom stereocenters. The van der Waals surface area contributed by atoms with Crippen LogP contribution in [0.25, 0.3) is 11.3 Å². The first-order valence-electron chi connectivity index (χ1n) is 4.93. The van der Waals surface area contributed by atoms with Crippen LogP contribution in [0.4, 0.5) is 5.82 Å². The van der Waals surface area contributed by atoms with Crippen molar-refractivity contribution in [2.45, 2.75) is 6.42 Å². The fourth-order valence-corrected chi connectivity index (χ4v) is 1.84. The Morgan fingerprint density at radius 2 is 2.27 bits per heavy atom. The van der Waals surface area contributed by atoms with Crippen LogP contribution in [0, 0.1) is 0 Å². The monoisotopic (exact) mass is 198 g/mol. The van der Waals surface area contributed by atoms with Crippen LogP contribution in [-0.4, -0.2) is 21.5 Å². The molecule has 1 aliphatic heterocycles. The van der Waals surface area contributed by atoms with Gasteiger partial charge in [0, 0.05) is 24.5 Å². The van der Waals surface area contributed by atoms with Gasteiger partial charge in [0.25, 0.3) is 0 Å². The Morgan fingerprint density at radius 1 is 1.27 bits per heavy atom. The normalized spacial score (nSPS) is 13.3. The van der Waals surface area contributed by atoms with Crippen molar-refractivity contribution in [1.29, 1.82) is 0 Å². The van der Waals surface area contributed by atoms with E-state index >= 15 is 0 Å². The minimum atomic E-state index is 0.879. The second-order valence-corrected chi connectivity index (χ2v) is 3.47. The average molecular weight is 198 g/mol. The molecule has 0 atom stereocenters. The van der Waals surface area contributed by atoms with Crippen molar-refractivity contribution >= 4 is 5.82 Å². The summed E-state index contributed by atoms with van der Waals surface area (Å²) in [6.07, 6.45) is 6.19. The highest BCUT2D eigenvalue weighted by Crippen LogP contribution is 2.28. The smallest absolute Gasteiger partial charge is 0.135 e. The van der Waals surface area contributed by atoms with Crippen molar-refractivity contribution in [3.8, 4) is 11.3 Å². The number of aromatic nitrogens is 3. The molecule has 0 aromatic carbocycles. The van der Waals surface area contributed by atoms with Gasteiger partial charge in [-0.25, -0.2) is 15.0 Å². The fraction of sp³-hybridized carbons (Fsp3) is 0.182. The van der Waals surface area contributed by atoms with E-state index in [1.807, 2.05) is 18.3 Å². The summed E-state index contributed by atoms with van der Waals surface area (Å²) in [7, 11) is 0. The summed E-state index contributed by atoms with van der Waals surface area (Å²) in [6, 6.07) is 3.96. The predicted octanol–water partition coefficient (Wildman–Crippen LogP) is 1.51. The third-order valence-corrected chi connectivity index (χ3v) is 2.54. The summed E-state index contributed by atoms with van der Waals surface area (Å²) in [5, 5.41) is 3.29. The zero-order valence-corrected chi connectivity index (χ0v) is 8.14. The Labute approximate surface area is 87.4 Å². The molecule has 4 nitrogen and oxygen atoms in total. The quantitative estimate of drug-likeness (QED) is 0.697. The van der Waals surface area contributed by atoms with Crippen molar-refractivity contribution in [3.05, 3.63) is 36.4 Å². The van der Waals surface area contributed by atoms with Gasteiger partial charge < -0.3 is 5.32 Å². The van der Waals surface area contributed by atoms with Gasteiger partial charge >= 0.3 is 0 Å². The topological polar surface area (TPSA) is 50.7 Å². The Balaban J connectivity index is 2.27. The SMILES string of the molecule is c1cnc2c(c1)-c1ncncc1CCN2. The highest BCUT2D eigenvalue weighted by molar-refractivity contribution is 5.75. The standard InChI is InChI=1S/C11H10N4/c1-2-9-10-8(6-12-7-15-10)3-5-14-11(9)13-4-1/h1-2,4,6-7H,3,5H2,(H,13,14). The van der Waals surface area contributed by atoms with Crippen LogP contribution in [0.2, 0.25) is 0 Å². The third-order valence-electron chi connectivity index (χ3n) is 2.54. The molecule has 0 amide bonds. The average Bonchev–Trinajstić information content (AvgIpc) is 2.48. The van der Waals surface area contributed by atoms with Gasteiger partial charge in [-0.2, -0.15) is 0 Å². The highest BCUT2D eigenvalue weighted by Gasteiger charge is 2.15. The largest absolute Gasteiger partial charge is 0.369 e. The lowest BCUT2D eigenvalue weighted by atomic mass is 10.1. The van der Waals surface area contributed by atoms with Gasteiger partial charge in [-0.3, -0.25) is 0 Å². The summed E-state index contributed by atoms with van der Waals surface area (Å²) in [5.74, 6) is 0.912. The van der Waals surface area contributed by atoms with E-state index < -0.39 is 0 Å². The van der Waals surface area contributed by atoms with Crippen molar-refractivity contribution < 1.29 is 0 Å². The van der Waals surface area contributed by atoms with Crippen molar-refractivity contribution in [3.63, 3.8) is 0 Å². The van der Waals surface area contributed by atoms with E-state index in [0.717, 1.165) is 30.0 Å². The van der Waals surface area contributed by atoms with E-state index in [-0.39, 0.29) is 0 Å². The lowest BCUT2D eigenvalue weighted by Crippen LogP contribution is -2.03. The van der Waals surface area contributed by atoms with Crippen LogP contribution in [0.5, 0.6) is 0 Å². The van der Waals surface area contributed by atoms with Gasteiger partial charge in [0.2, 0.25) is 0 Å². The van der Waals surface area contributed by atoms with Crippen LogP contribution in [-0.2, 0) is 6.42 Å². The Morgan fingerprint density at radius 3 is 3.27 bits per heavy atom. The second kappa shape index (κ2) is 3.31. The Hall–Kier alpha value is -1.97. The summed E-state index contributed by atoms with van der Waals surface area (Å²) < 4.78 is 0. The summed E-state index contributed by atoms with van der Waals surface area (Å²) in [6.45, 7) is 0.879. The molecule has 74 valence electrons. The van der Waals surface area contributed by atoms with Gasteiger partial charge in [-0.05, 0) is 24.1 Å². The molecule has 0 spiro atoms. The number of rotatable bonds is 0. The van der Waals surface area contributed by atoms with Crippen LogP contribution in [0.1, 0.15) is 5.56 Å². The molecule has 0 radical (unpaired) electrons. The summed E-state index contributed by atoms with van der Waals surface area (Å²) >= 11 is 0. The van der Waals surface area contributed by atoms with E-state index in [2.05, 4.69) is 20.3 Å². The minimum Gasteiger partial charge on any atom is -0.369 e. The molecule has 15 heavy (non-hydrogen) atoms. The maximum atomic E-state index is 4.33. The first-order valence-corrected chi connectivity index (χ1v) is 4.93. The molecule has 0 fully saturated rings. The van der Waals surface area contributed by atoms with E-state index in [1.54, 1.807) is 12.5 Å². The fourth-order valence-electron chi connectivity index (χ4n) is 1.84. The van der Waals surface area contributed by atoms with Gasteiger partial charge in [0.1, 0.15) is 12.1 Å². The zero-order chi connectivity index (χ0) is 10.1. The van der Waals surface area contributed by atoms with E-state index in [1.165, 1.54) is 5.56 Å². The number of hydrogen-bond donors (Lipinski definition) is 1. The maximum absolute atomic E-state index is 4.33. The van der Waals surface area contributed by atoms with Crippen molar-refractivity contribution in [1.82, 2.24) is 15.0 Å². The molecule has 4 heteroatoms. The van der Waals surface area contributed by atoms with Crippen LogP contribution >= 0.6 is 0 Å². The lowest BCUT2D eigenvalue weighted by Gasteiger charge is -2.05. The van der Waals surface area contributed by atoms with Gasteiger partial charge in [0.05, 0.1) is 5.69 Å². The highest BCUT2D eigenvalue weighted by atomic mass is 15.0. The number of hydrogen-bond acceptors (Lipinski definition) is 4. The number of nitrogens with zero attached hydrogens (tertiary/aromatic N) is 3. The molecular formula is C11H10N4. The number of nitrogens with one attached hydrogen (secondary N) is 1. The summed E-state index contributed by atoms with van der Waals surface area (Å²) in [5.41, 5.74) is 3.24. The van der Waals surface area contributed by atoms with Crippen molar-refractivity contribution in [2.24, 2.45) is 0 Å². The lowest BCUT2D eigenvalue weighted by molar-refractivity contribution is 0.995. The van der Waals surface area contributed by atoms with Crippen LogP contribution in [0.15, 0.2) is 30.9 Å². The zero-order valence-electron chi connectivity index (χ0n) is 8.14. The molecule has 2 aromatic heterocycles. The summed E-state index contributed by atoms with van der Waals surface area (Å²) in [4.78, 5) is 12.7. The van der Waals surface area contributed by atoms with Crippen LogP contribution in [0.3, 0.4) is 0 Å². The van der Waals surface area contributed by atoms with E-state index in [4.69, 9.17) is 0 Å². The molecule has 3 rings (SSSR count). The molecule has 3 heterocycles. The molecule has 0 saturated carbocycles. The molecule has 1 aliphatic rings. The number of anilines is 1. The molecular weight excluding hydrogens is 188 g/mol. The van der Waals surface area contributed by atoms with E-state index in [9.17, 15) is 0 Å². The molecule has 1 N–H and O–H groups in total. The van der Waals surface area contributed by atoms with Crippen LogP contribution < -0.4 is 5.32 Å². The van der Waals surface area contributed by atoms with Gasteiger partial charge in [-0.1, -0.05) is 0 Å². The maximum Gasteiger partial charge on any atom is 0.135 e. The predicted molar refractivity (Wildman–Crippen MR) is 57.5 cm³/mol. The van der Waals surface area contributed by atoms with Gasteiger partial charge in [-0.15, -0.1) is 0 Å². The third kappa shape index (κ3) is 1.34. The van der Waals surface area contributed by atoms with E-state index in [0.29, 0.717) is 0 Å². The molecule has 0 aliphatic carbocycles. The second-order valence-electron chi connectivity index (χ2n) is 3.47.